The van der Waals surface area contributed by atoms with Gasteiger partial charge in [0, 0.05) is 30.6 Å². The molecule has 0 N–H and O–H groups in total. The predicted molar refractivity (Wildman–Crippen MR) is 84.8 cm³/mol. The van der Waals surface area contributed by atoms with E-state index >= 15 is 0 Å². The third-order valence-electron chi connectivity index (χ3n) is 4.78. The quantitative estimate of drug-likeness (QED) is 0.831. The highest BCUT2D eigenvalue weighted by atomic mass is 19.1. The van der Waals surface area contributed by atoms with E-state index in [1.807, 2.05) is 18.2 Å². The number of hydrogen-bond donors (Lipinski definition) is 0. The molecule has 2 saturated heterocycles. The molecule has 0 aromatic carbocycles. The fourth-order valence-electron chi connectivity index (χ4n) is 3.50. The molecule has 2 aromatic heterocycles. The molecule has 2 atom stereocenters. The molecule has 24 heavy (non-hydrogen) atoms. The Labute approximate surface area is 139 Å². The van der Waals surface area contributed by atoms with Crippen molar-refractivity contribution in [2.45, 2.75) is 6.61 Å². The van der Waals surface area contributed by atoms with E-state index in [4.69, 9.17) is 9.47 Å². The van der Waals surface area contributed by atoms with Crippen LogP contribution in [0.2, 0.25) is 0 Å². The van der Waals surface area contributed by atoms with Crippen LogP contribution in [0.5, 0.6) is 0 Å². The van der Waals surface area contributed by atoms with Gasteiger partial charge in [-0.15, -0.1) is 0 Å². The number of anilines is 1. The third kappa shape index (κ3) is 2.97. The van der Waals surface area contributed by atoms with Crippen molar-refractivity contribution in [2.75, 3.05) is 37.8 Å². The van der Waals surface area contributed by atoms with Crippen LogP contribution in [0.3, 0.4) is 0 Å². The molecule has 126 valence electrons. The lowest BCUT2D eigenvalue weighted by Crippen LogP contribution is -2.36. The molecule has 0 amide bonds. The summed E-state index contributed by atoms with van der Waals surface area (Å²) in [6.07, 6.45) is 4.18. The lowest BCUT2D eigenvalue weighted by molar-refractivity contribution is 0.0250. The molecule has 7 heteroatoms. The van der Waals surface area contributed by atoms with E-state index in [-0.39, 0.29) is 5.41 Å². The van der Waals surface area contributed by atoms with E-state index in [9.17, 15) is 4.39 Å². The Morgan fingerprint density at radius 2 is 2.17 bits per heavy atom. The Bertz CT molecular complexity index is 685. The zero-order valence-corrected chi connectivity index (χ0v) is 13.3. The minimum Gasteiger partial charge on any atom is -0.380 e. The number of ether oxygens (including phenoxy) is 2. The molecule has 0 spiro atoms. The van der Waals surface area contributed by atoms with E-state index in [0.29, 0.717) is 38.3 Å². The Hall–Kier alpha value is -2.12. The Kier molecular flexibility index (Phi) is 4.12. The van der Waals surface area contributed by atoms with Crippen LogP contribution in [-0.4, -0.2) is 47.9 Å². The van der Waals surface area contributed by atoms with E-state index < -0.39 is 5.82 Å². The van der Waals surface area contributed by atoms with Crippen LogP contribution in [0.15, 0.2) is 36.8 Å². The number of rotatable bonds is 5. The van der Waals surface area contributed by atoms with Crippen LogP contribution in [0.4, 0.5) is 10.3 Å². The number of fused-ring (bicyclic) bond motifs is 1. The maximum Gasteiger partial charge on any atom is 0.225 e. The van der Waals surface area contributed by atoms with Crippen LogP contribution in [0.1, 0.15) is 5.69 Å². The number of halogens is 1. The van der Waals surface area contributed by atoms with Crippen molar-refractivity contribution in [1.82, 2.24) is 15.0 Å². The summed E-state index contributed by atoms with van der Waals surface area (Å²) in [6.45, 7) is 4.03. The first kappa shape index (κ1) is 15.4. The maximum absolute atomic E-state index is 13.0. The van der Waals surface area contributed by atoms with Gasteiger partial charge >= 0.3 is 0 Å². The van der Waals surface area contributed by atoms with Crippen LogP contribution in [-0.2, 0) is 16.1 Å². The molecule has 4 rings (SSSR count). The molecule has 2 aromatic rings. The summed E-state index contributed by atoms with van der Waals surface area (Å²) in [4.78, 5) is 14.6. The van der Waals surface area contributed by atoms with E-state index in [1.165, 1.54) is 12.4 Å². The minimum absolute atomic E-state index is 0.0630. The van der Waals surface area contributed by atoms with Gasteiger partial charge in [-0.3, -0.25) is 4.98 Å². The van der Waals surface area contributed by atoms with Gasteiger partial charge in [0.15, 0.2) is 5.82 Å². The summed E-state index contributed by atoms with van der Waals surface area (Å²) in [5.74, 6) is 0.514. The number of hydrogen-bond acceptors (Lipinski definition) is 6. The third-order valence-corrected chi connectivity index (χ3v) is 4.78. The zero-order chi connectivity index (χ0) is 16.4. The Morgan fingerprint density at radius 1 is 1.29 bits per heavy atom. The number of aromatic nitrogens is 3. The molecule has 6 nitrogen and oxygen atoms in total. The van der Waals surface area contributed by atoms with Crippen LogP contribution in [0.25, 0.3) is 0 Å². The standard InChI is InChI=1S/C17H19FN4O2/c18-14-5-20-16(21-6-14)22-7-13-8-23-11-17(13,10-22)12-24-9-15-3-1-2-4-19-15/h1-6,13H,7-12H2/t13-,17+/m1/s1. The SMILES string of the molecule is Fc1cnc(N2C[C@@H]3COC[C@]3(COCc3ccccn3)C2)nc1. The van der Waals surface area contributed by atoms with Crippen LogP contribution >= 0.6 is 0 Å². The van der Waals surface area contributed by atoms with Crippen molar-refractivity contribution >= 4 is 5.95 Å². The fourth-order valence-corrected chi connectivity index (χ4v) is 3.50. The summed E-state index contributed by atoms with van der Waals surface area (Å²) in [5, 5.41) is 0. The van der Waals surface area contributed by atoms with Gasteiger partial charge in [-0.25, -0.2) is 14.4 Å². The molecule has 0 unspecified atom stereocenters. The summed E-state index contributed by atoms with van der Waals surface area (Å²) in [5.41, 5.74) is 0.855. The first-order valence-corrected chi connectivity index (χ1v) is 8.03. The van der Waals surface area contributed by atoms with Gasteiger partial charge in [0.1, 0.15) is 0 Å². The van der Waals surface area contributed by atoms with Gasteiger partial charge < -0.3 is 14.4 Å². The summed E-state index contributed by atoms with van der Waals surface area (Å²) < 4.78 is 24.7. The largest absolute Gasteiger partial charge is 0.380 e. The summed E-state index contributed by atoms with van der Waals surface area (Å²) in [7, 11) is 0. The highest BCUT2D eigenvalue weighted by Gasteiger charge is 2.51. The van der Waals surface area contributed by atoms with Gasteiger partial charge in [-0.1, -0.05) is 6.07 Å². The van der Waals surface area contributed by atoms with Crippen molar-refractivity contribution in [3.05, 3.63) is 48.3 Å². The lowest BCUT2D eigenvalue weighted by Gasteiger charge is -2.26. The van der Waals surface area contributed by atoms with Crippen molar-refractivity contribution < 1.29 is 13.9 Å². The zero-order valence-electron chi connectivity index (χ0n) is 13.3. The van der Waals surface area contributed by atoms with Gasteiger partial charge in [0.05, 0.1) is 44.5 Å². The molecule has 0 bridgehead atoms. The molecular weight excluding hydrogens is 311 g/mol. The smallest absolute Gasteiger partial charge is 0.225 e. The fraction of sp³-hybridized carbons (Fsp3) is 0.471. The monoisotopic (exact) mass is 330 g/mol. The van der Waals surface area contributed by atoms with Crippen molar-refractivity contribution in [1.29, 1.82) is 0 Å². The normalized spacial score (nSPS) is 25.9. The van der Waals surface area contributed by atoms with Crippen molar-refractivity contribution in [3.8, 4) is 0 Å². The second-order valence-electron chi connectivity index (χ2n) is 6.47. The highest BCUT2D eigenvalue weighted by molar-refractivity contribution is 5.33. The first-order valence-electron chi connectivity index (χ1n) is 8.03. The van der Waals surface area contributed by atoms with Crippen molar-refractivity contribution in [3.63, 3.8) is 0 Å². The Morgan fingerprint density at radius 3 is 2.96 bits per heavy atom. The summed E-state index contributed by atoms with van der Waals surface area (Å²) in [6, 6.07) is 5.79. The van der Waals surface area contributed by atoms with Crippen molar-refractivity contribution in [2.24, 2.45) is 11.3 Å². The van der Waals surface area contributed by atoms with E-state index in [1.54, 1.807) is 6.20 Å². The molecule has 2 aliphatic heterocycles. The topological polar surface area (TPSA) is 60.4 Å². The molecular formula is C17H19FN4O2. The number of nitrogens with zero attached hydrogens (tertiary/aromatic N) is 4. The molecule has 4 heterocycles. The average Bonchev–Trinajstić information content (AvgIpc) is 3.14. The Balaban J connectivity index is 1.42. The molecule has 0 aliphatic carbocycles. The molecule has 2 aliphatic rings. The van der Waals surface area contributed by atoms with E-state index in [0.717, 1.165) is 18.8 Å². The van der Waals surface area contributed by atoms with Gasteiger partial charge in [0.2, 0.25) is 5.95 Å². The van der Waals surface area contributed by atoms with Crippen LogP contribution in [0, 0.1) is 17.2 Å². The molecule has 2 fully saturated rings. The molecule has 0 saturated carbocycles. The summed E-state index contributed by atoms with van der Waals surface area (Å²) >= 11 is 0. The highest BCUT2D eigenvalue weighted by Crippen LogP contribution is 2.42. The maximum atomic E-state index is 13.0. The molecule has 0 radical (unpaired) electrons. The van der Waals surface area contributed by atoms with Gasteiger partial charge in [-0.2, -0.15) is 0 Å². The number of pyridine rings is 1. The lowest BCUT2D eigenvalue weighted by atomic mass is 9.82. The predicted octanol–water partition coefficient (Wildman–Crippen LogP) is 1.68. The first-order chi connectivity index (χ1) is 11.8. The van der Waals surface area contributed by atoms with Crippen LogP contribution < -0.4 is 4.90 Å². The van der Waals surface area contributed by atoms with E-state index in [2.05, 4.69) is 19.9 Å². The van der Waals surface area contributed by atoms with Gasteiger partial charge in [-0.05, 0) is 12.1 Å². The average molecular weight is 330 g/mol. The minimum atomic E-state index is -0.421. The van der Waals surface area contributed by atoms with Gasteiger partial charge in [0.25, 0.3) is 0 Å². The second-order valence-corrected chi connectivity index (χ2v) is 6.47. The second kappa shape index (κ2) is 6.41.